The molecule has 0 radical (unpaired) electrons. The van der Waals surface area contributed by atoms with Crippen molar-refractivity contribution in [2.24, 2.45) is 5.41 Å². The Morgan fingerprint density at radius 3 is 2.29 bits per heavy atom. The molecular weight excluding hydrogens is 326 g/mol. The molecule has 114 valence electrons. The van der Waals surface area contributed by atoms with Gasteiger partial charge in [-0.2, -0.15) is 0 Å². The highest BCUT2D eigenvalue weighted by Gasteiger charge is 2.23. The maximum atomic E-state index is 5.67. The first-order valence-corrected chi connectivity index (χ1v) is 8.21. The summed E-state index contributed by atoms with van der Waals surface area (Å²) in [5.74, 6) is 0.955. The number of rotatable bonds is 5. The van der Waals surface area contributed by atoms with Crippen molar-refractivity contribution in [1.82, 2.24) is 5.32 Å². The van der Waals surface area contributed by atoms with Gasteiger partial charge in [-0.25, -0.2) is 0 Å². The summed E-state index contributed by atoms with van der Waals surface area (Å²) >= 11 is 3.37. The van der Waals surface area contributed by atoms with E-state index in [2.05, 4.69) is 79.3 Å². The van der Waals surface area contributed by atoms with Crippen molar-refractivity contribution < 1.29 is 4.42 Å². The Balaban J connectivity index is 2.16. The first-order chi connectivity index (χ1) is 9.85. The maximum Gasteiger partial charge on any atom is 0.169 e. The second-order valence-electron chi connectivity index (χ2n) is 6.76. The van der Waals surface area contributed by atoms with Crippen LogP contribution in [0.5, 0.6) is 0 Å². The molecule has 1 aromatic carbocycles. The smallest absolute Gasteiger partial charge is 0.169 e. The van der Waals surface area contributed by atoms with Crippen LogP contribution in [0, 0.1) is 5.41 Å². The highest BCUT2D eigenvalue weighted by Crippen LogP contribution is 2.32. The molecule has 1 aromatic heterocycles. The molecule has 0 aliphatic heterocycles. The fraction of sp³-hybridized carbons (Fsp3) is 0.444. The molecule has 0 aliphatic carbocycles. The van der Waals surface area contributed by atoms with Gasteiger partial charge in [0.2, 0.25) is 0 Å². The fourth-order valence-corrected chi connectivity index (χ4v) is 2.83. The Hall–Kier alpha value is -1.06. The number of halogens is 1. The minimum atomic E-state index is 0.170. The molecule has 1 N–H and O–H groups in total. The molecule has 0 amide bonds. The van der Waals surface area contributed by atoms with Gasteiger partial charge in [-0.05, 0) is 52.4 Å². The summed E-state index contributed by atoms with van der Waals surface area (Å²) in [6.07, 6.45) is 1.07. The zero-order chi connectivity index (χ0) is 15.5. The van der Waals surface area contributed by atoms with Crippen LogP contribution in [0.15, 0.2) is 51.6 Å². The van der Waals surface area contributed by atoms with E-state index >= 15 is 0 Å². The molecule has 2 aromatic rings. The molecule has 0 spiro atoms. The molecule has 2 nitrogen and oxygen atoms in total. The number of hydrogen-bond acceptors (Lipinski definition) is 2. The quantitative estimate of drug-likeness (QED) is 0.729. The van der Waals surface area contributed by atoms with Crippen LogP contribution < -0.4 is 5.32 Å². The van der Waals surface area contributed by atoms with Gasteiger partial charge in [-0.15, -0.1) is 0 Å². The first-order valence-electron chi connectivity index (χ1n) is 7.41. The lowest BCUT2D eigenvalue weighted by Gasteiger charge is -2.29. The fourth-order valence-electron chi connectivity index (χ4n) is 2.52. The SMILES string of the molecule is CC(NC(CC(C)(C)C)c1ccccc1)c1ccc(Br)o1. The predicted molar refractivity (Wildman–Crippen MR) is 91.2 cm³/mol. The Labute approximate surface area is 136 Å². The van der Waals surface area contributed by atoms with Crippen molar-refractivity contribution >= 4 is 15.9 Å². The normalized spacial score (nSPS) is 14.9. The van der Waals surface area contributed by atoms with Crippen LogP contribution in [-0.2, 0) is 0 Å². The van der Waals surface area contributed by atoms with E-state index in [9.17, 15) is 0 Å². The van der Waals surface area contributed by atoms with Crippen molar-refractivity contribution in [2.75, 3.05) is 0 Å². The van der Waals surface area contributed by atoms with Gasteiger partial charge in [0.1, 0.15) is 5.76 Å². The topological polar surface area (TPSA) is 25.2 Å². The second kappa shape index (κ2) is 6.80. The third-order valence-electron chi connectivity index (χ3n) is 3.49. The maximum absolute atomic E-state index is 5.67. The van der Waals surface area contributed by atoms with E-state index in [0.717, 1.165) is 16.9 Å². The first kappa shape index (κ1) is 16.3. The molecule has 0 bridgehead atoms. The highest BCUT2D eigenvalue weighted by molar-refractivity contribution is 9.10. The average molecular weight is 350 g/mol. The third-order valence-corrected chi connectivity index (χ3v) is 3.92. The van der Waals surface area contributed by atoms with Gasteiger partial charge in [0.15, 0.2) is 4.67 Å². The van der Waals surface area contributed by atoms with E-state index in [-0.39, 0.29) is 11.5 Å². The van der Waals surface area contributed by atoms with Gasteiger partial charge in [-0.1, -0.05) is 51.1 Å². The molecule has 0 saturated carbocycles. The molecule has 3 heteroatoms. The molecule has 21 heavy (non-hydrogen) atoms. The zero-order valence-electron chi connectivity index (χ0n) is 13.2. The van der Waals surface area contributed by atoms with E-state index in [1.54, 1.807) is 0 Å². The van der Waals surface area contributed by atoms with Crippen LogP contribution in [0.1, 0.15) is 57.5 Å². The van der Waals surface area contributed by atoms with Crippen molar-refractivity contribution in [1.29, 1.82) is 0 Å². The molecule has 0 saturated heterocycles. The van der Waals surface area contributed by atoms with Crippen LogP contribution in [0.2, 0.25) is 0 Å². The Kier molecular flexibility index (Phi) is 5.28. The lowest BCUT2D eigenvalue weighted by molar-refractivity contribution is 0.285. The molecule has 2 rings (SSSR count). The molecule has 1 heterocycles. The van der Waals surface area contributed by atoms with Crippen molar-refractivity contribution in [3.8, 4) is 0 Å². The minimum absolute atomic E-state index is 0.170. The van der Waals surface area contributed by atoms with Gasteiger partial charge in [0.05, 0.1) is 6.04 Å². The van der Waals surface area contributed by atoms with Gasteiger partial charge in [0, 0.05) is 6.04 Å². The van der Waals surface area contributed by atoms with E-state index in [1.165, 1.54) is 5.56 Å². The predicted octanol–water partition coefficient (Wildman–Crippen LogP) is 5.87. The van der Waals surface area contributed by atoms with Crippen LogP contribution in [0.4, 0.5) is 0 Å². The number of hydrogen-bond donors (Lipinski definition) is 1. The largest absolute Gasteiger partial charge is 0.453 e. The van der Waals surface area contributed by atoms with Gasteiger partial charge in [0.25, 0.3) is 0 Å². The van der Waals surface area contributed by atoms with Crippen molar-refractivity contribution in [2.45, 2.75) is 46.2 Å². The van der Waals surface area contributed by atoms with Gasteiger partial charge >= 0.3 is 0 Å². The second-order valence-corrected chi connectivity index (χ2v) is 7.54. The standard InChI is InChI=1S/C18H24BrNO/c1-13(16-10-11-17(19)21-16)20-15(12-18(2,3)4)14-8-6-5-7-9-14/h5-11,13,15,20H,12H2,1-4H3. The molecular formula is C18H24BrNO. The van der Waals surface area contributed by atoms with Crippen LogP contribution in [0.25, 0.3) is 0 Å². The minimum Gasteiger partial charge on any atom is -0.453 e. The lowest BCUT2D eigenvalue weighted by Crippen LogP contribution is -2.28. The van der Waals surface area contributed by atoms with Crippen molar-refractivity contribution in [3.63, 3.8) is 0 Å². The molecule has 2 atom stereocenters. The summed E-state index contributed by atoms with van der Waals surface area (Å²) in [5.41, 5.74) is 1.58. The summed E-state index contributed by atoms with van der Waals surface area (Å²) < 4.78 is 6.44. The van der Waals surface area contributed by atoms with Gasteiger partial charge in [-0.3, -0.25) is 0 Å². The lowest BCUT2D eigenvalue weighted by atomic mass is 9.85. The van der Waals surface area contributed by atoms with Crippen LogP contribution in [-0.4, -0.2) is 0 Å². The summed E-state index contributed by atoms with van der Waals surface area (Å²) in [6, 6.07) is 15.1. The highest BCUT2D eigenvalue weighted by atomic mass is 79.9. The van der Waals surface area contributed by atoms with Crippen LogP contribution in [0.3, 0.4) is 0 Å². The third kappa shape index (κ3) is 5.01. The van der Waals surface area contributed by atoms with E-state index in [0.29, 0.717) is 6.04 Å². The molecule has 2 unspecified atom stereocenters. The zero-order valence-corrected chi connectivity index (χ0v) is 14.8. The number of benzene rings is 1. The Morgan fingerprint density at radius 2 is 1.76 bits per heavy atom. The van der Waals surface area contributed by atoms with E-state index in [4.69, 9.17) is 4.42 Å². The van der Waals surface area contributed by atoms with E-state index < -0.39 is 0 Å². The number of nitrogens with one attached hydrogen (secondary N) is 1. The Bertz CT molecular complexity index is 556. The summed E-state index contributed by atoms with van der Waals surface area (Å²) in [7, 11) is 0. The number of furan rings is 1. The molecule has 0 aliphatic rings. The monoisotopic (exact) mass is 349 g/mol. The summed E-state index contributed by atoms with van der Waals surface area (Å²) in [6.45, 7) is 8.97. The summed E-state index contributed by atoms with van der Waals surface area (Å²) in [4.78, 5) is 0. The van der Waals surface area contributed by atoms with Crippen molar-refractivity contribution in [3.05, 3.63) is 58.5 Å². The average Bonchev–Trinajstić information content (AvgIpc) is 2.84. The van der Waals surface area contributed by atoms with Gasteiger partial charge < -0.3 is 9.73 Å². The summed E-state index contributed by atoms with van der Waals surface area (Å²) in [5, 5.41) is 3.70. The molecule has 0 fully saturated rings. The van der Waals surface area contributed by atoms with Crippen LogP contribution >= 0.6 is 15.9 Å². The Morgan fingerprint density at radius 1 is 1.10 bits per heavy atom. The van der Waals surface area contributed by atoms with E-state index in [1.807, 2.05) is 12.1 Å².